The Morgan fingerprint density at radius 3 is 2.08 bits per heavy atom. The second-order valence-electron chi connectivity index (χ2n) is 2.48. The number of allylic oxidation sites excluding steroid dienone is 1. The number of halogens is 3. The topological polar surface area (TPSA) is 15.0 Å². The van der Waals surface area contributed by atoms with Gasteiger partial charge >= 0.3 is 6.18 Å². The van der Waals surface area contributed by atoms with Crippen molar-refractivity contribution in [2.45, 2.75) is 6.18 Å². The van der Waals surface area contributed by atoms with Crippen LogP contribution in [0.4, 0.5) is 13.2 Å². The summed E-state index contributed by atoms with van der Waals surface area (Å²) in [5.74, 6) is 0. The van der Waals surface area contributed by atoms with E-state index in [1.165, 1.54) is 25.7 Å². The summed E-state index contributed by atoms with van der Waals surface area (Å²) in [5, 5.41) is 2.34. The van der Waals surface area contributed by atoms with Gasteiger partial charge < -0.3 is 5.32 Å². The summed E-state index contributed by atoms with van der Waals surface area (Å²) < 4.78 is 37.6. The van der Waals surface area contributed by atoms with Crippen LogP contribution in [0.5, 0.6) is 0 Å². The Balaban J connectivity index is 4.70. The summed E-state index contributed by atoms with van der Waals surface area (Å²) in [4.78, 5) is 0. The predicted molar refractivity (Wildman–Crippen MR) is 41.4 cm³/mol. The van der Waals surface area contributed by atoms with Crippen molar-refractivity contribution in [2.24, 2.45) is 0 Å². The minimum Gasteiger partial charge on any atom is -0.393 e. The number of nitrogens with one attached hydrogen (secondary N) is 1. The van der Waals surface area contributed by atoms with Crippen LogP contribution in [0.25, 0.3) is 0 Å². The second-order valence-corrected chi connectivity index (χ2v) is 2.48. The van der Waals surface area contributed by atoms with Gasteiger partial charge in [-0.25, -0.2) is 4.58 Å². The van der Waals surface area contributed by atoms with Gasteiger partial charge in [-0.2, -0.15) is 13.2 Å². The fourth-order valence-corrected chi connectivity index (χ4v) is 0.626. The molecule has 0 aromatic rings. The Kier molecular flexibility index (Phi) is 3.79. The van der Waals surface area contributed by atoms with Gasteiger partial charge in [0.1, 0.15) is 19.7 Å². The summed E-state index contributed by atoms with van der Waals surface area (Å²) in [6.07, 6.45) is -2.37. The van der Waals surface area contributed by atoms with Crippen LogP contribution >= 0.6 is 0 Å². The quantitative estimate of drug-likeness (QED) is 0.496. The molecule has 0 heterocycles. The molecule has 0 bridgehead atoms. The van der Waals surface area contributed by atoms with Crippen LogP contribution in [0.15, 0.2) is 11.8 Å². The highest BCUT2D eigenvalue weighted by Crippen LogP contribution is 2.23. The summed E-state index contributed by atoms with van der Waals surface area (Å²) in [7, 11) is 4.50. The molecule has 0 aromatic carbocycles. The minimum absolute atomic E-state index is 0.699. The second kappa shape index (κ2) is 4.13. The van der Waals surface area contributed by atoms with Crippen molar-refractivity contribution in [2.75, 3.05) is 21.1 Å². The van der Waals surface area contributed by atoms with Crippen LogP contribution in [-0.2, 0) is 0 Å². The molecule has 0 aliphatic carbocycles. The number of rotatable bonds is 2. The predicted octanol–water partition coefficient (Wildman–Crippen LogP) is 0.995. The first kappa shape index (κ1) is 11.0. The Morgan fingerprint density at radius 2 is 1.83 bits per heavy atom. The van der Waals surface area contributed by atoms with Crippen molar-refractivity contribution in [3.05, 3.63) is 11.8 Å². The van der Waals surface area contributed by atoms with E-state index in [4.69, 9.17) is 0 Å². The highest BCUT2D eigenvalue weighted by atomic mass is 19.4. The average molecular weight is 181 g/mol. The lowest BCUT2D eigenvalue weighted by molar-refractivity contribution is -0.459. The van der Waals surface area contributed by atoms with E-state index in [9.17, 15) is 13.2 Å². The molecule has 1 N–H and O–H groups in total. The molecule has 0 amide bonds. The number of hydrogen-bond donors (Lipinski definition) is 1. The third kappa shape index (κ3) is 4.00. The number of nitrogens with zero attached hydrogens (tertiary/aromatic N) is 1. The zero-order valence-electron chi connectivity index (χ0n) is 7.24. The Hall–Kier alpha value is -1.00. The van der Waals surface area contributed by atoms with Gasteiger partial charge in [-0.05, 0) is 0 Å². The normalized spacial score (nSPS) is 12.7. The van der Waals surface area contributed by atoms with Crippen molar-refractivity contribution >= 4 is 6.21 Å². The summed E-state index contributed by atoms with van der Waals surface area (Å²) >= 11 is 0. The van der Waals surface area contributed by atoms with E-state index < -0.39 is 11.7 Å². The van der Waals surface area contributed by atoms with E-state index in [1.54, 1.807) is 0 Å². The molecule has 2 nitrogen and oxygen atoms in total. The fourth-order valence-electron chi connectivity index (χ4n) is 0.626. The van der Waals surface area contributed by atoms with E-state index in [2.05, 4.69) is 5.32 Å². The van der Waals surface area contributed by atoms with Crippen LogP contribution < -0.4 is 5.32 Å². The van der Waals surface area contributed by atoms with Crippen LogP contribution in [0.2, 0.25) is 0 Å². The first-order chi connectivity index (χ1) is 5.38. The van der Waals surface area contributed by atoms with Crippen molar-refractivity contribution < 1.29 is 17.7 Å². The zero-order chi connectivity index (χ0) is 9.78. The highest BCUT2D eigenvalue weighted by Gasteiger charge is 2.34. The van der Waals surface area contributed by atoms with Crippen molar-refractivity contribution in [1.29, 1.82) is 0 Å². The molecule has 5 heteroatoms. The van der Waals surface area contributed by atoms with Crippen LogP contribution in [0.1, 0.15) is 0 Å². The number of alkyl halides is 3. The monoisotopic (exact) mass is 181 g/mol. The van der Waals surface area contributed by atoms with Gasteiger partial charge in [-0.3, -0.25) is 0 Å². The first-order valence-corrected chi connectivity index (χ1v) is 3.34. The van der Waals surface area contributed by atoms with Gasteiger partial charge in [-0.15, -0.1) is 0 Å². The van der Waals surface area contributed by atoms with E-state index in [0.29, 0.717) is 0 Å². The molecule has 0 atom stereocenters. The largest absolute Gasteiger partial charge is 0.423 e. The van der Waals surface area contributed by atoms with Gasteiger partial charge in [0.2, 0.25) is 0 Å². The molecule has 0 aliphatic rings. The minimum atomic E-state index is -4.30. The molecule has 0 fully saturated rings. The third-order valence-corrected chi connectivity index (χ3v) is 1.02. The first-order valence-electron chi connectivity index (χ1n) is 3.34. The van der Waals surface area contributed by atoms with Crippen LogP contribution in [-0.4, -0.2) is 38.1 Å². The van der Waals surface area contributed by atoms with E-state index in [-0.39, 0.29) is 0 Å². The smallest absolute Gasteiger partial charge is 0.393 e. The van der Waals surface area contributed by atoms with Crippen LogP contribution in [0.3, 0.4) is 0 Å². The molecule has 0 saturated carbocycles. The maximum Gasteiger partial charge on any atom is 0.423 e. The molecule has 0 spiro atoms. The molecule has 0 aliphatic heterocycles. The lowest BCUT2D eigenvalue weighted by Crippen LogP contribution is -2.19. The van der Waals surface area contributed by atoms with Gasteiger partial charge in [0.25, 0.3) is 0 Å². The summed E-state index contributed by atoms with van der Waals surface area (Å²) in [6.45, 7) is 0. The number of hydrogen-bond acceptors (Lipinski definition) is 1. The molecule has 12 heavy (non-hydrogen) atoms. The molecular weight excluding hydrogens is 169 g/mol. The maximum atomic E-state index is 12.1. The van der Waals surface area contributed by atoms with Gasteiger partial charge in [0.05, 0.1) is 0 Å². The third-order valence-electron chi connectivity index (χ3n) is 1.02. The van der Waals surface area contributed by atoms with Crippen molar-refractivity contribution in [1.82, 2.24) is 5.32 Å². The maximum absolute atomic E-state index is 12.1. The Bertz CT molecular complexity index is 199. The van der Waals surface area contributed by atoms with Gasteiger partial charge in [-0.1, -0.05) is 0 Å². The highest BCUT2D eigenvalue weighted by molar-refractivity contribution is 5.75. The van der Waals surface area contributed by atoms with Gasteiger partial charge in [0, 0.05) is 13.2 Å². The molecule has 0 aromatic heterocycles. The lowest BCUT2D eigenvalue weighted by Gasteiger charge is -2.04. The summed E-state index contributed by atoms with van der Waals surface area (Å²) in [5.41, 5.74) is -0.699. The van der Waals surface area contributed by atoms with Crippen LogP contribution in [0, 0.1) is 0 Å². The molecular formula is C7H12F3N2+. The Labute approximate surface area is 69.4 Å². The molecule has 0 radical (unpaired) electrons. The molecule has 0 saturated heterocycles. The Morgan fingerprint density at radius 1 is 1.33 bits per heavy atom. The SMILES string of the molecule is CN/C=C(/C=[N+](C)C)C(F)(F)F. The molecule has 70 valence electrons. The van der Waals surface area contributed by atoms with Gasteiger partial charge in [0.15, 0.2) is 6.21 Å². The standard InChI is InChI=1S/C7H11F3N2/c1-11-4-6(5-12(2)3)7(8,9)10/h4-5H,1-3H3/p+1. The van der Waals surface area contributed by atoms with Crippen molar-refractivity contribution in [3.8, 4) is 0 Å². The average Bonchev–Trinajstić information content (AvgIpc) is 1.83. The summed E-state index contributed by atoms with van der Waals surface area (Å²) in [6, 6.07) is 0. The fraction of sp³-hybridized carbons (Fsp3) is 0.571. The van der Waals surface area contributed by atoms with E-state index in [1.807, 2.05) is 0 Å². The molecule has 0 rings (SSSR count). The van der Waals surface area contributed by atoms with E-state index in [0.717, 1.165) is 12.4 Å². The molecule has 0 unspecified atom stereocenters. The van der Waals surface area contributed by atoms with E-state index >= 15 is 0 Å². The van der Waals surface area contributed by atoms with Crippen molar-refractivity contribution in [3.63, 3.8) is 0 Å². The zero-order valence-corrected chi connectivity index (χ0v) is 7.24. The lowest BCUT2D eigenvalue weighted by atomic mass is 10.3.